The van der Waals surface area contributed by atoms with Crippen molar-refractivity contribution in [2.45, 2.75) is 6.54 Å². The van der Waals surface area contributed by atoms with Crippen LogP contribution in [0.4, 0.5) is 8.78 Å². The molecule has 3 heteroatoms. The summed E-state index contributed by atoms with van der Waals surface area (Å²) in [6.07, 6.45) is 1.58. The van der Waals surface area contributed by atoms with Gasteiger partial charge in [0.05, 0.1) is 6.54 Å². The molecule has 0 atom stereocenters. The van der Waals surface area contributed by atoms with Crippen molar-refractivity contribution in [3.05, 3.63) is 71.3 Å². The number of rotatable bonds is 3. The molecule has 0 amide bonds. The van der Waals surface area contributed by atoms with Crippen LogP contribution in [0.25, 0.3) is 0 Å². The van der Waals surface area contributed by atoms with Crippen LogP contribution in [0.15, 0.2) is 53.5 Å². The molecule has 0 unspecified atom stereocenters. The Balaban J connectivity index is 2.03. The van der Waals surface area contributed by atoms with Gasteiger partial charge in [-0.2, -0.15) is 0 Å². The first kappa shape index (κ1) is 11.5. The quantitative estimate of drug-likeness (QED) is 0.716. The third-order valence-electron chi connectivity index (χ3n) is 2.25. The highest BCUT2D eigenvalue weighted by Crippen LogP contribution is 2.05. The smallest absolute Gasteiger partial charge is 0.123 e. The van der Waals surface area contributed by atoms with Gasteiger partial charge in [-0.3, -0.25) is 4.99 Å². The Morgan fingerprint density at radius 2 is 1.65 bits per heavy atom. The monoisotopic (exact) mass is 231 g/mol. The van der Waals surface area contributed by atoms with Gasteiger partial charge in [0.25, 0.3) is 0 Å². The largest absolute Gasteiger partial charge is 0.288 e. The Hall–Kier alpha value is -2.03. The van der Waals surface area contributed by atoms with E-state index in [-0.39, 0.29) is 11.6 Å². The number of hydrogen-bond acceptors (Lipinski definition) is 1. The summed E-state index contributed by atoms with van der Waals surface area (Å²) < 4.78 is 25.7. The number of halogens is 2. The van der Waals surface area contributed by atoms with E-state index in [0.717, 1.165) is 5.56 Å². The Morgan fingerprint density at radius 3 is 2.35 bits per heavy atom. The molecule has 0 fully saturated rings. The second kappa shape index (κ2) is 5.34. The van der Waals surface area contributed by atoms with Gasteiger partial charge in [0, 0.05) is 6.21 Å². The number of nitrogens with zero attached hydrogens (tertiary/aromatic N) is 1. The first-order chi connectivity index (χ1) is 8.24. The van der Waals surface area contributed by atoms with Crippen LogP contribution in [0.2, 0.25) is 0 Å². The maximum Gasteiger partial charge on any atom is 0.123 e. The highest BCUT2D eigenvalue weighted by Gasteiger charge is 1.94. The maximum atomic E-state index is 12.9. The molecule has 1 nitrogen and oxygen atoms in total. The molecule has 0 aliphatic rings. The summed E-state index contributed by atoms with van der Waals surface area (Å²) in [5.74, 6) is -0.567. The number of benzene rings is 2. The van der Waals surface area contributed by atoms with Crippen molar-refractivity contribution in [2.24, 2.45) is 4.99 Å². The SMILES string of the molecule is Fc1cccc(/C=N\Cc2cccc(F)c2)c1. The molecular formula is C14H11F2N. The minimum Gasteiger partial charge on any atom is -0.288 e. The molecule has 0 aliphatic carbocycles. The molecule has 2 rings (SSSR count). The lowest BCUT2D eigenvalue weighted by Crippen LogP contribution is -1.86. The van der Waals surface area contributed by atoms with Crippen molar-refractivity contribution in [2.75, 3.05) is 0 Å². The molecule has 0 aromatic heterocycles. The van der Waals surface area contributed by atoms with Gasteiger partial charge >= 0.3 is 0 Å². The van der Waals surface area contributed by atoms with E-state index in [1.165, 1.54) is 24.3 Å². The number of aliphatic imine (C=N–C) groups is 1. The van der Waals surface area contributed by atoms with Gasteiger partial charge in [0.15, 0.2) is 0 Å². The van der Waals surface area contributed by atoms with Crippen LogP contribution in [0.1, 0.15) is 11.1 Å². The molecule has 2 aromatic rings. The van der Waals surface area contributed by atoms with E-state index in [1.807, 2.05) is 0 Å². The third-order valence-corrected chi connectivity index (χ3v) is 2.25. The summed E-state index contributed by atoms with van der Waals surface area (Å²) in [7, 11) is 0. The molecular weight excluding hydrogens is 220 g/mol. The van der Waals surface area contributed by atoms with Gasteiger partial charge in [0.1, 0.15) is 11.6 Å². The molecule has 0 saturated heterocycles. The van der Waals surface area contributed by atoms with Crippen molar-refractivity contribution in [3.8, 4) is 0 Å². The zero-order valence-electron chi connectivity index (χ0n) is 9.11. The summed E-state index contributed by atoms with van der Waals surface area (Å²) in [5, 5.41) is 0. The van der Waals surface area contributed by atoms with Gasteiger partial charge in [-0.15, -0.1) is 0 Å². The fraction of sp³-hybridized carbons (Fsp3) is 0.0714. The van der Waals surface area contributed by atoms with E-state index < -0.39 is 0 Å². The van der Waals surface area contributed by atoms with Crippen LogP contribution >= 0.6 is 0 Å². The third kappa shape index (κ3) is 3.48. The molecule has 0 bridgehead atoms. The Bertz CT molecular complexity index is 535. The molecule has 86 valence electrons. The van der Waals surface area contributed by atoms with Crippen LogP contribution in [0.5, 0.6) is 0 Å². The predicted octanol–water partition coefficient (Wildman–Crippen LogP) is 3.58. The highest BCUT2D eigenvalue weighted by atomic mass is 19.1. The van der Waals surface area contributed by atoms with Gasteiger partial charge in [-0.1, -0.05) is 24.3 Å². The average Bonchev–Trinajstić information content (AvgIpc) is 2.29. The normalized spacial score (nSPS) is 10.9. The number of hydrogen-bond donors (Lipinski definition) is 0. The van der Waals surface area contributed by atoms with E-state index >= 15 is 0 Å². The second-order valence-electron chi connectivity index (χ2n) is 3.65. The summed E-state index contributed by atoms with van der Waals surface area (Å²) in [5.41, 5.74) is 1.49. The fourth-order valence-corrected chi connectivity index (χ4v) is 1.48. The van der Waals surface area contributed by atoms with Gasteiger partial charge < -0.3 is 0 Å². The standard InChI is InChI=1S/C14H11F2N/c15-13-5-1-3-11(7-13)9-17-10-12-4-2-6-14(16)8-12/h1-9H,10H2/b17-9-. The van der Waals surface area contributed by atoms with E-state index in [0.29, 0.717) is 12.1 Å². The van der Waals surface area contributed by atoms with Crippen LogP contribution in [-0.4, -0.2) is 6.21 Å². The van der Waals surface area contributed by atoms with E-state index in [2.05, 4.69) is 4.99 Å². The molecule has 0 aliphatic heterocycles. The molecule has 0 saturated carbocycles. The molecule has 0 heterocycles. The molecule has 0 spiro atoms. The summed E-state index contributed by atoms with van der Waals surface area (Å²) >= 11 is 0. The Kier molecular flexibility index (Phi) is 3.60. The topological polar surface area (TPSA) is 12.4 Å². The van der Waals surface area contributed by atoms with Crippen LogP contribution in [-0.2, 0) is 6.54 Å². The highest BCUT2D eigenvalue weighted by molar-refractivity contribution is 5.79. The van der Waals surface area contributed by atoms with Crippen LogP contribution in [0, 0.1) is 11.6 Å². The minimum absolute atomic E-state index is 0.275. The molecule has 0 N–H and O–H groups in total. The average molecular weight is 231 g/mol. The van der Waals surface area contributed by atoms with Gasteiger partial charge in [0.2, 0.25) is 0 Å². The Labute approximate surface area is 98.4 Å². The summed E-state index contributed by atoms with van der Waals surface area (Å²) in [6, 6.07) is 12.4. The molecule has 17 heavy (non-hydrogen) atoms. The van der Waals surface area contributed by atoms with Crippen LogP contribution < -0.4 is 0 Å². The van der Waals surface area contributed by atoms with Crippen molar-refractivity contribution < 1.29 is 8.78 Å². The summed E-state index contributed by atoms with van der Waals surface area (Å²) in [6.45, 7) is 0.383. The molecule has 0 radical (unpaired) electrons. The zero-order valence-corrected chi connectivity index (χ0v) is 9.11. The van der Waals surface area contributed by atoms with E-state index in [9.17, 15) is 8.78 Å². The Morgan fingerprint density at radius 1 is 0.941 bits per heavy atom. The predicted molar refractivity (Wildman–Crippen MR) is 64.1 cm³/mol. The van der Waals surface area contributed by atoms with Crippen molar-refractivity contribution >= 4 is 6.21 Å². The van der Waals surface area contributed by atoms with Gasteiger partial charge in [-0.05, 0) is 35.4 Å². The lowest BCUT2D eigenvalue weighted by atomic mass is 10.2. The first-order valence-corrected chi connectivity index (χ1v) is 5.24. The fourth-order valence-electron chi connectivity index (χ4n) is 1.48. The maximum absolute atomic E-state index is 12.9. The van der Waals surface area contributed by atoms with E-state index in [1.54, 1.807) is 30.5 Å². The van der Waals surface area contributed by atoms with E-state index in [4.69, 9.17) is 0 Å². The zero-order chi connectivity index (χ0) is 12.1. The lowest BCUT2D eigenvalue weighted by molar-refractivity contribution is 0.625. The lowest BCUT2D eigenvalue weighted by Gasteiger charge is -1.96. The van der Waals surface area contributed by atoms with Crippen molar-refractivity contribution in [3.63, 3.8) is 0 Å². The second-order valence-corrected chi connectivity index (χ2v) is 3.65. The summed E-state index contributed by atoms with van der Waals surface area (Å²) in [4.78, 5) is 4.14. The molecule has 2 aromatic carbocycles. The van der Waals surface area contributed by atoms with Gasteiger partial charge in [-0.25, -0.2) is 8.78 Å². The minimum atomic E-state index is -0.292. The van der Waals surface area contributed by atoms with Crippen molar-refractivity contribution in [1.29, 1.82) is 0 Å². The first-order valence-electron chi connectivity index (χ1n) is 5.24. The van der Waals surface area contributed by atoms with Crippen LogP contribution in [0.3, 0.4) is 0 Å². The van der Waals surface area contributed by atoms with Crippen molar-refractivity contribution in [1.82, 2.24) is 0 Å².